The van der Waals surface area contributed by atoms with Gasteiger partial charge in [-0.15, -0.1) is 0 Å². The molecule has 2 heterocycles. The first kappa shape index (κ1) is 22.0. The first-order chi connectivity index (χ1) is 15.0. The van der Waals surface area contributed by atoms with E-state index < -0.39 is 0 Å². The average Bonchev–Trinajstić information content (AvgIpc) is 3.15. The lowest BCUT2D eigenvalue weighted by Crippen LogP contribution is -2.52. The van der Waals surface area contributed by atoms with Gasteiger partial charge in [-0.3, -0.25) is 9.69 Å². The molecule has 1 saturated heterocycles. The molecule has 168 valence electrons. The van der Waals surface area contributed by atoms with Crippen molar-refractivity contribution < 1.29 is 14.4 Å². The molecule has 2 aliphatic rings. The summed E-state index contributed by atoms with van der Waals surface area (Å²) in [4.78, 5) is 17.5. The van der Waals surface area contributed by atoms with E-state index >= 15 is 0 Å². The number of hydrogen-bond acceptors (Lipinski definition) is 6. The Labute approximate surface area is 184 Å². The largest absolute Gasteiger partial charge is 0.391 e. The Hall–Kier alpha value is -2.22. The van der Waals surface area contributed by atoms with Crippen molar-refractivity contribution in [1.82, 2.24) is 20.3 Å². The molecule has 0 radical (unpaired) electrons. The zero-order valence-corrected chi connectivity index (χ0v) is 18.6. The fourth-order valence-electron chi connectivity index (χ4n) is 5.11. The Bertz CT molecular complexity index is 863. The molecule has 1 aliphatic heterocycles. The highest BCUT2D eigenvalue weighted by Gasteiger charge is 2.40. The third-order valence-corrected chi connectivity index (χ3v) is 7.12. The highest BCUT2D eigenvalue weighted by atomic mass is 16.5. The Morgan fingerprint density at radius 2 is 1.90 bits per heavy atom. The van der Waals surface area contributed by atoms with Crippen LogP contribution in [0.4, 0.5) is 0 Å². The zero-order chi connectivity index (χ0) is 21.8. The van der Waals surface area contributed by atoms with Crippen LogP contribution in [0.5, 0.6) is 0 Å². The van der Waals surface area contributed by atoms with E-state index in [2.05, 4.69) is 51.6 Å². The number of benzene rings is 1. The summed E-state index contributed by atoms with van der Waals surface area (Å²) in [6.07, 6.45) is 3.05. The predicted octanol–water partition coefficient (Wildman–Crippen LogP) is 2.20. The van der Waals surface area contributed by atoms with Gasteiger partial charge in [-0.05, 0) is 45.2 Å². The molecule has 2 N–H and O–H groups in total. The number of nitrogens with zero attached hydrogens (tertiary/aromatic N) is 3. The van der Waals surface area contributed by atoms with Crippen molar-refractivity contribution in [3.05, 3.63) is 53.4 Å². The second kappa shape index (κ2) is 9.51. The van der Waals surface area contributed by atoms with Gasteiger partial charge in [0.1, 0.15) is 5.76 Å². The molecule has 7 nitrogen and oxygen atoms in total. The molecule has 0 spiro atoms. The van der Waals surface area contributed by atoms with E-state index in [0.29, 0.717) is 18.0 Å². The van der Waals surface area contributed by atoms with Crippen LogP contribution in [-0.4, -0.2) is 77.9 Å². The summed E-state index contributed by atoms with van der Waals surface area (Å²) in [6.45, 7) is 6.38. The number of aromatic nitrogens is 1. The molecule has 2 fully saturated rings. The maximum absolute atomic E-state index is 12.7. The molecular formula is C24H34N4O3. The van der Waals surface area contributed by atoms with E-state index in [9.17, 15) is 9.90 Å². The normalized spacial score (nSPS) is 28.2. The third kappa shape index (κ3) is 5.00. The lowest BCUT2D eigenvalue weighted by molar-refractivity contribution is 0.0200. The quantitative estimate of drug-likeness (QED) is 0.714. The van der Waals surface area contributed by atoms with Crippen LogP contribution in [0.2, 0.25) is 0 Å². The fraction of sp³-hybridized carbons (Fsp3) is 0.583. The minimum Gasteiger partial charge on any atom is -0.391 e. The number of aryl methyl sites for hydroxylation is 1. The maximum atomic E-state index is 12.7. The van der Waals surface area contributed by atoms with Crippen molar-refractivity contribution in [3.63, 3.8) is 0 Å². The number of carbonyl (C=O) groups is 1. The number of amides is 1. The summed E-state index contributed by atoms with van der Waals surface area (Å²) in [5.74, 6) is 0.406. The summed E-state index contributed by atoms with van der Waals surface area (Å²) >= 11 is 0. The van der Waals surface area contributed by atoms with Crippen molar-refractivity contribution >= 4 is 5.91 Å². The van der Waals surface area contributed by atoms with Gasteiger partial charge in [-0.1, -0.05) is 35.5 Å². The van der Waals surface area contributed by atoms with Gasteiger partial charge in [0.05, 0.1) is 6.10 Å². The summed E-state index contributed by atoms with van der Waals surface area (Å²) in [5.41, 5.74) is 1.32. The SMILES string of the molecule is Cc1cc(C(=O)NC[C@@]2(c3ccccc3)CC[C@H](O)[C@@H](N3CCN(C)CC3)CC2)no1. The van der Waals surface area contributed by atoms with Crippen LogP contribution in [0.1, 0.15) is 47.5 Å². The fourth-order valence-corrected chi connectivity index (χ4v) is 5.11. The smallest absolute Gasteiger partial charge is 0.273 e. The predicted molar refractivity (Wildman–Crippen MR) is 119 cm³/mol. The Kier molecular flexibility index (Phi) is 6.74. The second-order valence-electron chi connectivity index (χ2n) is 9.20. The maximum Gasteiger partial charge on any atom is 0.273 e. The second-order valence-corrected chi connectivity index (χ2v) is 9.20. The highest BCUT2D eigenvalue weighted by molar-refractivity contribution is 5.92. The van der Waals surface area contributed by atoms with Gasteiger partial charge >= 0.3 is 0 Å². The molecule has 2 aromatic rings. The topological polar surface area (TPSA) is 81.8 Å². The average molecular weight is 427 g/mol. The number of hydrogen-bond donors (Lipinski definition) is 2. The number of carbonyl (C=O) groups excluding carboxylic acids is 1. The van der Waals surface area contributed by atoms with Crippen LogP contribution in [-0.2, 0) is 5.41 Å². The van der Waals surface area contributed by atoms with Crippen LogP contribution in [0, 0.1) is 6.92 Å². The molecule has 1 amide bonds. The number of aliphatic hydroxyl groups is 1. The molecule has 1 saturated carbocycles. The van der Waals surface area contributed by atoms with Crippen LogP contribution < -0.4 is 5.32 Å². The number of rotatable bonds is 5. The number of aliphatic hydroxyl groups excluding tert-OH is 1. The molecule has 1 aromatic carbocycles. The number of nitrogens with one attached hydrogen (secondary N) is 1. The minimum absolute atomic E-state index is 0.174. The zero-order valence-electron chi connectivity index (χ0n) is 18.6. The lowest BCUT2D eigenvalue weighted by Gasteiger charge is -2.39. The number of likely N-dealkylation sites (N-methyl/N-ethyl adjacent to an activating group) is 1. The van der Waals surface area contributed by atoms with E-state index in [4.69, 9.17) is 4.52 Å². The Balaban J connectivity index is 1.52. The molecule has 4 rings (SSSR count). The van der Waals surface area contributed by atoms with Crippen molar-refractivity contribution in [2.75, 3.05) is 39.8 Å². The summed E-state index contributed by atoms with van der Waals surface area (Å²) < 4.78 is 5.06. The van der Waals surface area contributed by atoms with Crippen LogP contribution in [0.25, 0.3) is 0 Å². The summed E-state index contributed by atoms with van der Waals surface area (Å²) in [5, 5.41) is 18.0. The molecule has 0 unspecified atom stereocenters. The Morgan fingerprint density at radius 1 is 1.19 bits per heavy atom. The molecule has 0 bridgehead atoms. The molecule has 1 aliphatic carbocycles. The van der Waals surface area contributed by atoms with Gasteiger partial charge in [0.15, 0.2) is 5.69 Å². The van der Waals surface area contributed by atoms with Crippen LogP contribution >= 0.6 is 0 Å². The molecule has 31 heavy (non-hydrogen) atoms. The monoisotopic (exact) mass is 426 g/mol. The lowest BCUT2D eigenvalue weighted by atomic mass is 9.74. The summed E-state index contributed by atoms with van der Waals surface area (Å²) in [7, 11) is 2.15. The molecule has 1 aromatic heterocycles. The molecule has 3 atom stereocenters. The standard InChI is InChI=1S/C24H34N4O3/c1-18-16-20(26-31-18)23(30)25-17-24(19-6-4-3-5-7-19)10-8-21(22(29)9-11-24)28-14-12-27(2)13-15-28/h3-7,16,21-22,29H,8-15,17H2,1-2H3,(H,25,30)/t21-,22-,24-/m0/s1. The van der Waals surface area contributed by atoms with Gasteiger partial charge in [0.2, 0.25) is 0 Å². The number of piperazine rings is 1. The Morgan fingerprint density at radius 3 is 2.58 bits per heavy atom. The third-order valence-electron chi connectivity index (χ3n) is 7.12. The van der Waals surface area contributed by atoms with E-state index in [0.717, 1.165) is 51.9 Å². The highest BCUT2D eigenvalue weighted by Crippen LogP contribution is 2.39. The molecule has 7 heteroatoms. The van der Waals surface area contributed by atoms with Crippen molar-refractivity contribution in [3.8, 4) is 0 Å². The van der Waals surface area contributed by atoms with Crippen molar-refractivity contribution in [1.29, 1.82) is 0 Å². The van der Waals surface area contributed by atoms with E-state index in [1.54, 1.807) is 13.0 Å². The van der Waals surface area contributed by atoms with E-state index in [-0.39, 0.29) is 23.5 Å². The first-order valence-electron chi connectivity index (χ1n) is 11.3. The minimum atomic E-state index is -0.345. The molecular weight excluding hydrogens is 392 g/mol. The first-order valence-corrected chi connectivity index (χ1v) is 11.3. The summed E-state index contributed by atoms with van der Waals surface area (Å²) in [6, 6.07) is 12.3. The van der Waals surface area contributed by atoms with Crippen LogP contribution in [0.3, 0.4) is 0 Å². The van der Waals surface area contributed by atoms with Gasteiger partial charge in [0.25, 0.3) is 5.91 Å². The van der Waals surface area contributed by atoms with Gasteiger partial charge < -0.3 is 19.8 Å². The van der Waals surface area contributed by atoms with E-state index in [1.807, 2.05) is 6.07 Å². The van der Waals surface area contributed by atoms with Crippen molar-refractivity contribution in [2.24, 2.45) is 0 Å². The van der Waals surface area contributed by atoms with Gasteiger partial charge in [0, 0.05) is 50.2 Å². The van der Waals surface area contributed by atoms with Gasteiger partial charge in [-0.2, -0.15) is 0 Å². The van der Waals surface area contributed by atoms with Gasteiger partial charge in [-0.25, -0.2) is 0 Å². The van der Waals surface area contributed by atoms with Crippen LogP contribution in [0.15, 0.2) is 40.9 Å². The van der Waals surface area contributed by atoms with Crippen molar-refractivity contribution in [2.45, 2.75) is 50.2 Å². The van der Waals surface area contributed by atoms with E-state index in [1.165, 1.54) is 5.56 Å².